The highest BCUT2D eigenvalue weighted by molar-refractivity contribution is 4.81. The molecule has 0 aromatic rings. The minimum Gasteiger partial charge on any atom is -0.103 e. The smallest absolute Gasteiger partial charge is 0.0351 e. The Labute approximate surface area is 230 Å². The molecule has 0 heteroatoms. The van der Waals surface area contributed by atoms with E-state index in [2.05, 4.69) is 31.7 Å². The normalized spacial score (nSPS) is 11.6. The van der Waals surface area contributed by atoms with Crippen LogP contribution in [0.2, 0.25) is 0 Å². The lowest BCUT2D eigenvalue weighted by Gasteiger charge is -2.03. The predicted molar refractivity (Wildman–Crippen MR) is 168 cm³/mol. The highest BCUT2D eigenvalue weighted by atomic mass is 14.0. The van der Waals surface area contributed by atoms with Gasteiger partial charge >= 0.3 is 0 Å². The van der Waals surface area contributed by atoms with Crippen LogP contribution < -0.4 is 0 Å². The molecule has 0 N–H and O–H groups in total. The molecule has 0 radical (unpaired) electrons. The van der Waals surface area contributed by atoms with Crippen LogP contribution in [0.5, 0.6) is 0 Å². The Morgan fingerprint density at radius 3 is 0.778 bits per heavy atom. The van der Waals surface area contributed by atoms with Crippen molar-refractivity contribution in [1.82, 2.24) is 0 Å². The molecule has 0 saturated carbocycles. The molecule has 0 aromatic heterocycles. The van der Waals surface area contributed by atoms with Crippen molar-refractivity contribution in [3.8, 4) is 0 Å². The van der Waals surface area contributed by atoms with Crippen molar-refractivity contribution in [2.45, 2.75) is 206 Å². The lowest BCUT2D eigenvalue weighted by molar-refractivity contribution is 0.530. The van der Waals surface area contributed by atoms with Gasteiger partial charge in [0, 0.05) is 0 Å². The molecule has 0 atom stereocenters. The Morgan fingerprint density at radius 1 is 0.306 bits per heavy atom. The Morgan fingerprint density at radius 2 is 0.528 bits per heavy atom. The Hall–Kier alpha value is -0.520. The maximum Gasteiger partial charge on any atom is -0.0351 e. The van der Waals surface area contributed by atoms with Gasteiger partial charge in [0.05, 0.1) is 0 Å². The van der Waals surface area contributed by atoms with Gasteiger partial charge in [-0.15, -0.1) is 6.58 Å². The van der Waals surface area contributed by atoms with Crippen LogP contribution in [0.4, 0.5) is 0 Å². The highest BCUT2D eigenvalue weighted by Crippen LogP contribution is 2.15. The summed E-state index contributed by atoms with van der Waals surface area (Å²) in [5.41, 5.74) is 0. The second kappa shape index (κ2) is 34.5. The third kappa shape index (κ3) is 33.5. The largest absolute Gasteiger partial charge is 0.103 e. The molecule has 0 aliphatic carbocycles. The zero-order valence-electron chi connectivity index (χ0n) is 25.4. The minimum atomic E-state index is 1.20. The topological polar surface area (TPSA) is 0 Å². The highest BCUT2D eigenvalue weighted by Gasteiger charge is 1.95. The molecule has 0 aromatic carbocycles. The average Bonchev–Trinajstić information content (AvgIpc) is 2.89. The first kappa shape index (κ1) is 35.5. The molecule has 214 valence electrons. The van der Waals surface area contributed by atoms with Crippen molar-refractivity contribution in [1.29, 1.82) is 0 Å². The van der Waals surface area contributed by atoms with Gasteiger partial charge in [0.2, 0.25) is 0 Å². The van der Waals surface area contributed by atoms with Gasteiger partial charge in [-0.1, -0.05) is 186 Å². The zero-order valence-corrected chi connectivity index (χ0v) is 25.4. The van der Waals surface area contributed by atoms with Crippen molar-refractivity contribution in [2.24, 2.45) is 0 Å². The van der Waals surface area contributed by atoms with Crippen molar-refractivity contribution in [3.63, 3.8) is 0 Å². The molecule has 0 amide bonds. The van der Waals surface area contributed by atoms with Gasteiger partial charge in [0.1, 0.15) is 0 Å². The summed E-state index contributed by atoms with van der Waals surface area (Å²) in [4.78, 5) is 0. The molecule has 0 aliphatic heterocycles. The van der Waals surface area contributed by atoms with Crippen LogP contribution >= 0.6 is 0 Å². The van der Waals surface area contributed by atoms with E-state index in [1.54, 1.807) is 0 Å². The van der Waals surface area contributed by atoms with E-state index in [1.165, 1.54) is 199 Å². The van der Waals surface area contributed by atoms with Gasteiger partial charge in [-0.05, 0) is 38.5 Å². The van der Waals surface area contributed by atoms with Gasteiger partial charge in [-0.25, -0.2) is 0 Å². The standard InChI is InChI=1S/C36H70/c1-3-5-7-9-11-13-15-17-19-21-23-25-27-29-31-33-35-36-34-32-30-28-26-24-22-20-18-16-14-12-10-8-6-4-2/h3,33,35H,1,4-32,34,36H2,2H3. The van der Waals surface area contributed by atoms with Crippen LogP contribution in [0, 0.1) is 0 Å². The number of unbranched alkanes of at least 4 members (excludes halogenated alkanes) is 29. The molecular weight excluding hydrogens is 432 g/mol. The molecule has 0 heterocycles. The minimum absolute atomic E-state index is 1.20. The molecule has 0 nitrogen and oxygen atoms in total. The number of hydrogen-bond donors (Lipinski definition) is 0. The predicted octanol–water partition coefficient (Wildman–Crippen LogP) is 13.8. The first-order valence-electron chi connectivity index (χ1n) is 17.2. The Kier molecular flexibility index (Phi) is 34.0. The molecule has 0 fully saturated rings. The quantitative estimate of drug-likeness (QED) is 0.0633. The summed E-state index contributed by atoms with van der Waals surface area (Å²) in [6.07, 6.45) is 51.4. The third-order valence-electron chi connectivity index (χ3n) is 7.92. The van der Waals surface area contributed by atoms with Crippen LogP contribution in [0.3, 0.4) is 0 Å². The van der Waals surface area contributed by atoms with Gasteiger partial charge < -0.3 is 0 Å². The second-order valence-electron chi connectivity index (χ2n) is 11.7. The monoisotopic (exact) mass is 503 g/mol. The Balaban J connectivity index is 3.08. The van der Waals surface area contributed by atoms with Crippen LogP contribution in [0.25, 0.3) is 0 Å². The van der Waals surface area contributed by atoms with Crippen LogP contribution in [0.15, 0.2) is 24.8 Å². The summed E-state index contributed by atoms with van der Waals surface area (Å²) >= 11 is 0. The fraction of sp³-hybridized carbons (Fsp3) is 0.889. The van der Waals surface area contributed by atoms with E-state index in [-0.39, 0.29) is 0 Å². The average molecular weight is 503 g/mol. The van der Waals surface area contributed by atoms with Gasteiger partial charge in [0.25, 0.3) is 0 Å². The summed E-state index contributed by atoms with van der Waals surface area (Å²) in [5.74, 6) is 0. The molecule has 0 spiro atoms. The van der Waals surface area contributed by atoms with Crippen molar-refractivity contribution >= 4 is 0 Å². The molecule has 0 bridgehead atoms. The third-order valence-corrected chi connectivity index (χ3v) is 7.92. The summed E-state index contributed by atoms with van der Waals surface area (Å²) in [6, 6.07) is 0. The molecule has 0 aliphatic rings. The number of hydrogen-bond acceptors (Lipinski definition) is 0. The van der Waals surface area contributed by atoms with Gasteiger partial charge in [-0.2, -0.15) is 0 Å². The zero-order chi connectivity index (χ0) is 26.0. The second-order valence-corrected chi connectivity index (χ2v) is 11.7. The van der Waals surface area contributed by atoms with Crippen molar-refractivity contribution in [2.75, 3.05) is 0 Å². The number of allylic oxidation sites excluding steroid dienone is 3. The molecule has 36 heavy (non-hydrogen) atoms. The fourth-order valence-corrected chi connectivity index (χ4v) is 5.36. The summed E-state index contributed by atoms with van der Waals surface area (Å²) in [7, 11) is 0. The first-order valence-corrected chi connectivity index (χ1v) is 17.2. The maximum absolute atomic E-state index is 3.80. The van der Waals surface area contributed by atoms with Crippen LogP contribution in [-0.2, 0) is 0 Å². The first-order chi connectivity index (χ1) is 17.9. The van der Waals surface area contributed by atoms with Crippen LogP contribution in [0.1, 0.15) is 206 Å². The van der Waals surface area contributed by atoms with E-state index in [0.717, 1.165) is 0 Å². The SMILES string of the molecule is C=CCCCCCCCCCCCCCCC=CCCCCCCCCCCCCCCCCCC. The van der Waals surface area contributed by atoms with E-state index in [1.807, 2.05) is 0 Å². The van der Waals surface area contributed by atoms with E-state index < -0.39 is 0 Å². The van der Waals surface area contributed by atoms with Crippen LogP contribution in [-0.4, -0.2) is 0 Å². The number of rotatable bonds is 32. The Bertz CT molecular complexity index is 406. The van der Waals surface area contributed by atoms with Crippen molar-refractivity contribution in [3.05, 3.63) is 24.8 Å². The summed E-state index contributed by atoms with van der Waals surface area (Å²) in [6.45, 7) is 6.10. The van der Waals surface area contributed by atoms with E-state index in [0.29, 0.717) is 0 Å². The van der Waals surface area contributed by atoms with E-state index in [9.17, 15) is 0 Å². The maximum atomic E-state index is 3.80. The molecule has 0 rings (SSSR count). The summed E-state index contributed by atoms with van der Waals surface area (Å²) in [5, 5.41) is 0. The van der Waals surface area contributed by atoms with E-state index >= 15 is 0 Å². The lowest BCUT2D eigenvalue weighted by atomic mass is 10.0. The van der Waals surface area contributed by atoms with E-state index in [4.69, 9.17) is 0 Å². The molecule has 0 saturated heterocycles. The van der Waals surface area contributed by atoms with Gasteiger partial charge in [-0.3, -0.25) is 0 Å². The summed E-state index contributed by atoms with van der Waals surface area (Å²) < 4.78 is 0. The fourth-order valence-electron chi connectivity index (χ4n) is 5.36. The van der Waals surface area contributed by atoms with Gasteiger partial charge in [0.15, 0.2) is 0 Å². The van der Waals surface area contributed by atoms with Crippen molar-refractivity contribution < 1.29 is 0 Å². The lowest BCUT2D eigenvalue weighted by Crippen LogP contribution is -1.83. The molecule has 0 unspecified atom stereocenters. The molecular formula is C36H70.